The molecule has 0 bridgehead atoms. The Hall–Kier alpha value is -1.35. The predicted molar refractivity (Wildman–Crippen MR) is 82.2 cm³/mol. The number of hydrogen-bond acceptors (Lipinski definition) is 2. The van der Waals surface area contributed by atoms with Gasteiger partial charge in [-0.05, 0) is 16.9 Å². The first-order chi connectivity index (χ1) is 9.34. The van der Waals surface area contributed by atoms with Crippen molar-refractivity contribution in [2.45, 2.75) is 40.7 Å². The first-order valence-electron chi connectivity index (χ1n) is 7.27. The second-order valence-electron chi connectivity index (χ2n) is 6.50. The molecule has 1 rings (SSSR count). The summed E-state index contributed by atoms with van der Waals surface area (Å²) in [4.78, 5) is 14.2. The van der Waals surface area contributed by atoms with Crippen molar-refractivity contribution in [2.75, 3.05) is 13.2 Å². The number of benzene rings is 1. The summed E-state index contributed by atoms with van der Waals surface area (Å²) in [6, 6.07) is 9.91. The van der Waals surface area contributed by atoms with Gasteiger partial charge in [-0.3, -0.25) is 4.79 Å². The Bertz CT molecular complexity index is 409. The van der Waals surface area contributed by atoms with Crippen molar-refractivity contribution in [3.8, 4) is 0 Å². The van der Waals surface area contributed by atoms with Gasteiger partial charge in [0.15, 0.2) is 0 Å². The molecule has 1 atom stereocenters. The molecular weight excluding hydrogens is 250 g/mol. The maximum atomic E-state index is 12.4. The molecule has 0 aromatic heterocycles. The van der Waals surface area contributed by atoms with Crippen LogP contribution in [0.5, 0.6) is 0 Å². The number of aliphatic hydroxyl groups excluding tert-OH is 1. The van der Waals surface area contributed by atoms with E-state index in [2.05, 4.69) is 27.7 Å². The molecule has 0 spiro atoms. The van der Waals surface area contributed by atoms with Crippen LogP contribution in [0.2, 0.25) is 0 Å². The second-order valence-corrected chi connectivity index (χ2v) is 6.50. The Morgan fingerprint density at radius 2 is 1.85 bits per heavy atom. The van der Waals surface area contributed by atoms with Crippen molar-refractivity contribution in [3.05, 3.63) is 35.9 Å². The van der Waals surface area contributed by atoms with Crippen molar-refractivity contribution >= 4 is 5.91 Å². The Kier molecular flexibility index (Phi) is 6.21. The van der Waals surface area contributed by atoms with Crippen LogP contribution in [0.15, 0.2) is 30.3 Å². The maximum Gasteiger partial charge on any atom is 0.223 e. The van der Waals surface area contributed by atoms with Gasteiger partial charge in [-0.2, -0.15) is 0 Å². The standard InChI is InChI=1S/C17H27NO2/c1-14(17(2,3)4)12-16(20)18(10-11-19)13-15-8-6-5-7-9-15/h5-9,14,19H,10-13H2,1-4H3. The summed E-state index contributed by atoms with van der Waals surface area (Å²) in [7, 11) is 0. The van der Waals surface area contributed by atoms with Crippen molar-refractivity contribution in [1.82, 2.24) is 4.90 Å². The molecule has 112 valence electrons. The lowest BCUT2D eigenvalue weighted by atomic mass is 9.80. The predicted octanol–water partition coefficient (Wildman–Crippen LogP) is 3.08. The van der Waals surface area contributed by atoms with Crippen molar-refractivity contribution in [3.63, 3.8) is 0 Å². The molecule has 0 heterocycles. The zero-order chi connectivity index (χ0) is 15.2. The Labute approximate surface area is 122 Å². The molecule has 3 heteroatoms. The fourth-order valence-corrected chi connectivity index (χ4v) is 1.91. The lowest BCUT2D eigenvalue weighted by Gasteiger charge is -2.30. The van der Waals surface area contributed by atoms with Crippen LogP contribution in [0.4, 0.5) is 0 Å². The first-order valence-corrected chi connectivity index (χ1v) is 7.27. The van der Waals surface area contributed by atoms with E-state index in [1.807, 2.05) is 30.3 Å². The summed E-state index contributed by atoms with van der Waals surface area (Å²) in [6.07, 6.45) is 0.524. The van der Waals surface area contributed by atoms with Gasteiger partial charge < -0.3 is 10.0 Å². The van der Waals surface area contributed by atoms with Crippen LogP contribution in [-0.2, 0) is 11.3 Å². The van der Waals surface area contributed by atoms with E-state index in [9.17, 15) is 4.79 Å². The zero-order valence-electron chi connectivity index (χ0n) is 13.1. The van der Waals surface area contributed by atoms with E-state index < -0.39 is 0 Å². The van der Waals surface area contributed by atoms with Crippen LogP contribution in [0.3, 0.4) is 0 Å². The van der Waals surface area contributed by atoms with Crippen molar-refractivity contribution in [1.29, 1.82) is 0 Å². The van der Waals surface area contributed by atoms with Gasteiger partial charge >= 0.3 is 0 Å². The van der Waals surface area contributed by atoms with E-state index in [4.69, 9.17) is 5.11 Å². The quantitative estimate of drug-likeness (QED) is 0.868. The number of aliphatic hydroxyl groups is 1. The summed E-state index contributed by atoms with van der Waals surface area (Å²) in [6.45, 7) is 9.53. The first kappa shape index (κ1) is 16.7. The fraction of sp³-hybridized carbons (Fsp3) is 0.588. The Morgan fingerprint density at radius 3 is 2.35 bits per heavy atom. The third-order valence-corrected chi connectivity index (χ3v) is 3.90. The molecule has 1 N–H and O–H groups in total. The maximum absolute atomic E-state index is 12.4. The average molecular weight is 277 g/mol. The van der Waals surface area contributed by atoms with Gasteiger partial charge in [0.25, 0.3) is 0 Å². The van der Waals surface area contributed by atoms with E-state index in [1.165, 1.54) is 0 Å². The third-order valence-electron chi connectivity index (χ3n) is 3.90. The molecule has 1 aromatic carbocycles. The molecule has 0 saturated carbocycles. The van der Waals surface area contributed by atoms with E-state index in [0.29, 0.717) is 25.4 Å². The Balaban J connectivity index is 2.68. The molecule has 0 radical (unpaired) electrons. The fourth-order valence-electron chi connectivity index (χ4n) is 1.91. The molecule has 0 fully saturated rings. The zero-order valence-corrected chi connectivity index (χ0v) is 13.1. The highest BCUT2D eigenvalue weighted by atomic mass is 16.3. The largest absolute Gasteiger partial charge is 0.395 e. The van der Waals surface area contributed by atoms with Gasteiger partial charge in [0.1, 0.15) is 0 Å². The molecule has 1 unspecified atom stereocenters. The highest BCUT2D eigenvalue weighted by Gasteiger charge is 2.25. The lowest BCUT2D eigenvalue weighted by molar-refractivity contribution is -0.134. The average Bonchev–Trinajstić information content (AvgIpc) is 2.38. The molecule has 1 amide bonds. The second kappa shape index (κ2) is 7.44. The minimum atomic E-state index is 0.00245. The summed E-state index contributed by atoms with van der Waals surface area (Å²) in [5, 5.41) is 9.16. The molecule has 0 aliphatic heterocycles. The monoisotopic (exact) mass is 277 g/mol. The molecule has 3 nitrogen and oxygen atoms in total. The highest BCUT2D eigenvalue weighted by Crippen LogP contribution is 2.28. The summed E-state index contributed by atoms with van der Waals surface area (Å²) in [5.74, 6) is 0.428. The SMILES string of the molecule is CC(CC(=O)N(CCO)Cc1ccccc1)C(C)(C)C. The molecule has 1 aromatic rings. The van der Waals surface area contributed by atoms with Crippen molar-refractivity contribution in [2.24, 2.45) is 11.3 Å². The van der Waals surface area contributed by atoms with Gasteiger partial charge in [0.05, 0.1) is 6.61 Å². The van der Waals surface area contributed by atoms with Gasteiger partial charge in [-0.1, -0.05) is 58.0 Å². The third kappa shape index (κ3) is 5.33. The van der Waals surface area contributed by atoms with Crippen LogP contribution in [-0.4, -0.2) is 29.1 Å². The molecule has 0 aliphatic carbocycles. The lowest BCUT2D eigenvalue weighted by Crippen LogP contribution is -2.35. The number of carbonyl (C=O) groups is 1. The van der Waals surface area contributed by atoms with Crippen LogP contribution in [0.25, 0.3) is 0 Å². The Morgan fingerprint density at radius 1 is 1.25 bits per heavy atom. The van der Waals surface area contributed by atoms with E-state index in [1.54, 1.807) is 4.90 Å². The molecule has 0 saturated heterocycles. The number of hydrogen-bond donors (Lipinski definition) is 1. The van der Waals surface area contributed by atoms with Crippen LogP contribution in [0.1, 0.15) is 39.7 Å². The van der Waals surface area contributed by atoms with E-state index in [0.717, 1.165) is 5.56 Å². The number of nitrogens with zero attached hydrogens (tertiary/aromatic N) is 1. The van der Waals surface area contributed by atoms with Gasteiger partial charge in [-0.15, -0.1) is 0 Å². The van der Waals surface area contributed by atoms with E-state index >= 15 is 0 Å². The van der Waals surface area contributed by atoms with Crippen LogP contribution in [0, 0.1) is 11.3 Å². The van der Waals surface area contributed by atoms with Crippen LogP contribution < -0.4 is 0 Å². The molecule has 20 heavy (non-hydrogen) atoms. The molecular formula is C17H27NO2. The van der Waals surface area contributed by atoms with Crippen LogP contribution >= 0.6 is 0 Å². The number of rotatable bonds is 6. The topological polar surface area (TPSA) is 40.5 Å². The summed E-state index contributed by atoms with van der Waals surface area (Å²) < 4.78 is 0. The number of amides is 1. The minimum Gasteiger partial charge on any atom is -0.395 e. The number of carbonyl (C=O) groups excluding carboxylic acids is 1. The smallest absolute Gasteiger partial charge is 0.223 e. The minimum absolute atomic E-state index is 0.00245. The van der Waals surface area contributed by atoms with Gasteiger partial charge in [-0.25, -0.2) is 0 Å². The molecule has 0 aliphatic rings. The highest BCUT2D eigenvalue weighted by molar-refractivity contribution is 5.76. The normalized spacial score (nSPS) is 13.1. The summed E-state index contributed by atoms with van der Waals surface area (Å²) in [5.41, 5.74) is 1.21. The van der Waals surface area contributed by atoms with E-state index in [-0.39, 0.29) is 17.9 Å². The van der Waals surface area contributed by atoms with Crippen molar-refractivity contribution < 1.29 is 9.90 Å². The van der Waals surface area contributed by atoms with Gasteiger partial charge in [0.2, 0.25) is 5.91 Å². The van der Waals surface area contributed by atoms with Gasteiger partial charge in [0, 0.05) is 19.5 Å². The summed E-state index contributed by atoms with van der Waals surface area (Å²) >= 11 is 0.